The lowest BCUT2D eigenvalue weighted by Crippen LogP contribution is -2.51. The number of carbonyl (C=O) groups excluding carboxylic acids is 3. The van der Waals surface area contributed by atoms with Crippen LogP contribution in [-0.4, -0.2) is 81.2 Å². The van der Waals surface area contributed by atoms with Gasteiger partial charge in [-0.05, 0) is 196 Å². The molecule has 0 bridgehead atoms. The van der Waals surface area contributed by atoms with E-state index >= 15 is 0 Å². The van der Waals surface area contributed by atoms with E-state index in [2.05, 4.69) is 15.0 Å². The average molecular weight is 1250 g/mol. The number of nitriles is 1. The molecule has 3 N–H and O–H groups in total. The Kier molecular flexibility index (Phi) is 20.7. The van der Waals surface area contributed by atoms with E-state index in [9.17, 15) is 38.5 Å². The monoisotopic (exact) mass is 1250 g/mol. The Bertz CT molecular complexity index is 3900. The van der Waals surface area contributed by atoms with Crippen LogP contribution in [0.3, 0.4) is 0 Å². The van der Waals surface area contributed by atoms with Gasteiger partial charge < -0.3 is 43.7 Å². The number of rotatable bonds is 15. The summed E-state index contributed by atoms with van der Waals surface area (Å²) in [6.07, 6.45) is 6.84. The zero-order valence-corrected chi connectivity index (χ0v) is 54.7. The van der Waals surface area contributed by atoms with Gasteiger partial charge in [-0.2, -0.15) is 14.6 Å². The topological polar surface area (TPSA) is 230 Å². The van der Waals surface area contributed by atoms with Crippen molar-refractivity contribution >= 4 is 45.7 Å². The largest absolute Gasteiger partial charge is 0.508 e. The number of hydrogen-bond acceptors (Lipinski definition) is 16. The molecule has 0 saturated carbocycles. The minimum atomic E-state index is -1.09. The number of aliphatic hydroxyl groups excluding tert-OH is 3. The second-order valence-corrected chi connectivity index (χ2v) is 25.0. The average Bonchev–Trinajstić information content (AvgIpc) is 1.19. The summed E-state index contributed by atoms with van der Waals surface area (Å²) in [4.78, 5) is 51.9. The van der Waals surface area contributed by atoms with Crippen molar-refractivity contribution < 1.29 is 66.9 Å². The van der Waals surface area contributed by atoms with Crippen LogP contribution in [0.2, 0.25) is 5.02 Å². The number of ketones is 3. The van der Waals surface area contributed by atoms with Crippen molar-refractivity contribution in [2.45, 2.75) is 183 Å². The van der Waals surface area contributed by atoms with E-state index in [1.165, 1.54) is 12.3 Å². The Morgan fingerprint density at radius 2 is 1.01 bits per heavy atom. The Balaban J connectivity index is 0.000000192. The number of hydrogen-bond donors (Lipinski definition) is 3. The molecule has 0 amide bonds. The van der Waals surface area contributed by atoms with Crippen LogP contribution in [0, 0.1) is 30.0 Å². The summed E-state index contributed by atoms with van der Waals surface area (Å²) >= 11 is 6.26. The van der Waals surface area contributed by atoms with Crippen molar-refractivity contribution in [2.24, 2.45) is 0 Å². The normalized spacial score (nSPS) is 19.9. The van der Waals surface area contributed by atoms with Gasteiger partial charge in [0.25, 0.3) is 0 Å². The minimum Gasteiger partial charge on any atom is -0.508 e. The highest BCUT2D eigenvalue weighted by molar-refractivity contribution is 6.32. The number of carbonyl (C=O) groups is 3. The molecule has 0 radical (unpaired) electrons. The van der Waals surface area contributed by atoms with E-state index in [-0.39, 0.29) is 74.7 Å². The third-order valence-electron chi connectivity index (χ3n) is 15.9. The number of Topliss-reactive ketones (excluding diaryl/α,β-unsaturated/α-hetero) is 3. The fourth-order valence-corrected chi connectivity index (χ4v) is 11.4. The molecule has 0 saturated heterocycles. The quantitative estimate of drug-likeness (QED) is 0.0812. The molecule has 6 aromatic rings. The Labute approximate surface area is 530 Å². The molecule has 3 aromatic heterocycles. The van der Waals surface area contributed by atoms with E-state index in [1.54, 1.807) is 124 Å². The molecule has 3 aliphatic heterocycles. The van der Waals surface area contributed by atoms with E-state index in [4.69, 9.17) is 45.3 Å². The van der Waals surface area contributed by atoms with E-state index in [1.807, 2.05) is 65.8 Å². The molecule has 2 atom stereocenters. The maximum atomic E-state index is 13.5. The van der Waals surface area contributed by atoms with Crippen LogP contribution in [0.25, 0.3) is 16.7 Å². The van der Waals surface area contributed by atoms with Crippen molar-refractivity contribution in [1.29, 1.82) is 5.26 Å². The smallest absolute Gasteiger partial charge is 0.238 e. The van der Waals surface area contributed by atoms with Crippen molar-refractivity contribution in [3.63, 3.8) is 0 Å². The van der Waals surface area contributed by atoms with Gasteiger partial charge in [0, 0.05) is 30.6 Å². The molecular formula is C71H79ClF2N4O12. The highest BCUT2D eigenvalue weighted by Gasteiger charge is 2.51. The molecule has 3 aliphatic rings. The lowest BCUT2D eigenvalue weighted by Gasteiger charge is -2.42. The number of benzene rings is 3. The molecule has 3 aromatic carbocycles. The van der Waals surface area contributed by atoms with Gasteiger partial charge >= 0.3 is 0 Å². The van der Waals surface area contributed by atoms with Gasteiger partial charge in [-0.25, -0.2) is 14.4 Å². The van der Waals surface area contributed by atoms with Gasteiger partial charge in [0.2, 0.25) is 23.6 Å². The third-order valence-corrected chi connectivity index (χ3v) is 16.2. The summed E-state index contributed by atoms with van der Waals surface area (Å²) in [5, 5.41) is 42.3. The molecular weight excluding hydrogens is 1170 g/mol. The SMILES string of the molecule is CCCC1(C)OC(C)(C)C(O)=C(c2cc(Oc3cc(F)cc(F)n3)ccc2CC)C1=O.CCc1ccc(Oc2cc(C#N)ccn2)cc1C1=C(O)C(C)(C)OC(C)(C)C1=O.CCc1ccc(Oc2ncc(C)cc2Cl)cc1C1=C(O)C(C)(C)OC(C)(CC)C1=O. The van der Waals surface area contributed by atoms with Crippen LogP contribution < -0.4 is 14.2 Å². The van der Waals surface area contributed by atoms with Crippen molar-refractivity contribution in [3.8, 4) is 41.0 Å². The van der Waals surface area contributed by atoms with Gasteiger partial charge in [-0.1, -0.05) is 70.8 Å². The maximum Gasteiger partial charge on any atom is 0.238 e. The van der Waals surface area contributed by atoms with Crippen LogP contribution in [0.15, 0.2) is 115 Å². The molecule has 6 heterocycles. The number of aryl methyl sites for hydroxylation is 4. The van der Waals surface area contributed by atoms with Crippen LogP contribution in [0.1, 0.15) is 168 Å². The highest BCUT2D eigenvalue weighted by Crippen LogP contribution is 2.47. The minimum absolute atomic E-state index is 0.0724. The first kappa shape index (κ1) is 69.1. The first-order chi connectivity index (χ1) is 42.1. The van der Waals surface area contributed by atoms with Crippen LogP contribution in [-0.2, 0) is 47.9 Å². The Morgan fingerprint density at radius 3 is 1.47 bits per heavy atom. The maximum absolute atomic E-state index is 13.5. The van der Waals surface area contributed by atoms with Gasteiger partial charge in [0.05, 0.1) is 28.4 Å². The van der Waals surface area contributed by atoms with Gasteiger partial charge in [0.1, 0.15) is 79.0 Å². The molecule has 0 aliphatic carbocycles. The second kappa shape index (κ2) is 27.0. The van der Waals surface area contributed by atoms with Crippen LogP contribution >= 0.6 is 11.6 Å². The van der Waals surface area contributed by atoms with Crippen molar-refractivity contribution in [1.82, 2.24) is 15.0 Å². The lowest BCUT2D eigenvalue weighted by atomic mass is 9.79. The molecule has 9 rings (SSSR count). The Hall–Kier alpha value is -8.34. The number of nitrogens with zero attached hydrogens (tertiary/aromatic N) is 4. The van der Waals surface area contributed by atoms with Crippen molar-refractivity contribution in [3.05, 3.63) is 176 Å². The summed E-state index contributed by atoms with van der Waals surface area (Å²) in [6.45, 7) is 29.0. The number of aliphatic hydroxyl groups is 3. The summed E-state index contributed by atoms with van der Waals surface area (Å²) < 4.78 is 62.1. The first-order valence-corrected chi connectivity index (χ1v) is 30.3. The van der Waals surface area contributed by atoms with E-state index < -0.39 is 45.4 Å². The zero-order chi connectivity index (χ0) is 66.6. The fourth-order valence-electron chi connectivity index (χ4n) is 11.2. The fraction of sp³-hybridized carbons (Fsp3) is 0.394. The molecule has 16 nitrogen and oxygen atoms in total. The van der Waals surface area contributed by atoms with Crippen LogP contribution in [0.5, 0.6) is 34.9 Å². The third kappa shape index (κ3) is 14.8. The second-order valence-electron chi connectivity index (χ2n) is 24.6. The number of halogens is 3. The number of ether oxygens (including phenoxy) is 6. The summed E-state index contributed by atoms with van der Waals surface area (Å²) in [6, 6.07) is 24.4. The number of aromatic nitrogens is 3. The molecule has 2 unspecified atom stereocenters. The van der Waals surface area contributed by atoms with Gasteiger partial charge in [-0.15, -0.1) is 0 Å². The molecule has 476 valence electrons. The zero-order valence-electron chi connectivity index (χ0n) is 53.9. The highest BCUT2D eigenvalue weighted by atomic mass is 35.5. The predicted molar refractivity (Wildman–Crippen MR) is 340 cm³/mol. The standard InChI is InChI=1S/C24H28ClNO4.C24H27F2NO4.C23H24N2O4/c1-7-15-9-10-16(29-22-18(25)11-14(3)13-26-22)12-17(15)19-20(27)23(4,5)30-24(6,8-2)21(19)28;1-6-10-24(5)22(29)20(21(28)23(3,4)31-24)17-13-16(9-8-14(17)7-2)30-19-12-15(25)11-18(26)27-19;1-6-15-7-8-16(28-18-11-14(13-24)9-10-25-18)12-17(15)19-20(26)22(2,3)29-23(4,5)21(19)27/h9-13,27H,7-8H2,1-6H3;8-9,11-13,28H,6-7,10H2,1-5H3;7-12,26H,6H2,1-5H3. The lowest BCUT2D eigenvalue weighted by molar-refractivity contribution is -0.164. The number of pyridine rings is 3. The Morgan fingerprint density at radius 1 is 0.556 bits per heavy atom. The predicted octanol–water partition coefficient (Wildman–Crippen LogP) is 16.9. The van der Waals surface area contributed by atoms with Crippen LogP contribution in [0.4, 0.5) is 8.78 Å². The van der Waals surface area contributed by atoms with Crippen molar-refractivity contribution in [2.75, 3.05) is 0 Å². The molecule has 19 heteroatoms. The molecule has 0 fully saturated rings. The molecule has 0 spiro atoms. The van der Waals surface area contributed by atoms with E-state index in [0.29, 0.717) is 76.9 Å². The van der Waals surface area contributed by atoms with Gasteiger partial charge in [-0.3, -0.25) is 14.4 Å². The summed E-state index contributed by atoms with van der Waals surface area (Å²) in [7, 11) is 0. The molecule has 90 heavy (non-hydrogen) atoms. The van der Waals surface area contributed by atoms with E-state index in [0.717, 1.165) is 34.7 Å². The summed E-state index contributed by atoms with van der Waals surface area (Å²) in [5.74, 6) is -1.50. The van der Waals surface area contributed by atoms with Gasteiger partial charge in [0.15, 0.2) is 17.3 Å². The summed E-state index contributed by atoms with van der Waals surface area (Å²) in [5.41, 5.74) is 0.204. The first-order valence-electron chi connectivity index (χ1n) is 29.9.